The molecule has 2 rings (SSSR count). The van der Waals surface area contributed by atoms with Crippen LogP contribution in [0.3, 0.4) is 0 Å². The molecule has 2 atom stereocenters. The normalized spacial score (nSPS) is 17.4. The van der Waals surface area contributed by atoms with E-state index >= 15 is 0 Å². The van der Waals surface area contributed by atoms with Crippen LogP contribution in [0.4, 0.5) is 14.9 Å². The molecule has 0 aromatic heterocycles. The number of halogens is 1. The van der Waals surface area contributed by atoms with Crippen molar-refractivity contribution in [2.75, 3.05) is 12.4 Å². The molecule has 1 N–H and O–H groups in total. The monoisotopic (exact) mass is 349 g/mol. The van der Waals surface area contributed by atoms with Gasteiger partial charge in [-0.2, -0.15) is 5.26 Å². The zero-order chi connectivity index (χ0) is 18.8. The molecule has 8 heteroatoms. The largest absolute Gasteiger partial charge is 0.478 e. The maximum atomic E-state index is 13.2. The van der Waals surface area contributed by atoms with Crippen molar-refractivity contribution in [1.29, 1.82) is 5.26 Å². The fourth-order valence-corrected chi connectivity index (χ4v) is 2.24. The Morgan fingerprint density at radius 2 is 2.20 bits per heavy atom. The van der Waals surface area contributed by atoms with Gasteiger partial charge in [-0.3, -0.25) is 9.69 Å². The first kappa shape index (κ1) is 18.5. The van der Waals surface area contributed by atoms with Crippen LogP contribution in [-0.4, -0.2) is 41.7 Å². The van der Waals surface area contributed by atoms with Gasteiger partial charge in [-0.15, -0.1) is 0 Å². The van der Waals surface area contributed by atoms with Crippen LogP contribution in [-0.2, 0) is 9.53 Å². The molecule has 0 saturated heterocycles. The van der Waals surface area contributed by atoms with Crippen LogP contribution in [0.2, 0.25) is 0 Å². The van der Waals surface area contributed by atoms with E-state index in [-0.39, 0.29) is 12.1 Å². The molecule has 0 spiro atoms. The molecular formula is C17H20FN3O4. The molecule has 0 fully saturated rings. The van der Waals surface area contributed by atoms with E-state index in [9.17, 15) is 19.2 Å². The summed E-state index contributed by atoms with van der Waals surface area (Å²) in [6.45, 7) is 5.15. The average molecular weight is 349 g/mol. The lowest BCUT2D eigenvalue weighted by Gasteiger charge is -2.31. The molecule has 0 aliphatic carbocycles. The zero-order valence-corrected chi connectivity index (χ0v) is 14.5. The number of nitriles is 1. The van der Waals surface area contributed by atoms with Crippen molar-refractivity contribution in [2.45, 2.75) is 44.9 Å². The van der Waals surface area contributed by atoms with E-state index in [1.807, 2.05) is 6.07 Å². The summed E-state index contributed by atoms with van der Waals surface area (Å²) >= 11 is 0. The number of hydrogen-bond acceptors (Lipinski definition) is 5. The number of amides is 2. The van der Waals surface area contributed by atoms with Gasteiger partial charge in [0.25, 0.3) is 5.91 Å². The van der Waals surface area contributed by atoms with Crippen LogP contribution in [0.1, 0.15) is 27.2 Å². The zero-order valence-electron chi connectivity index (χ0n) is 14.5. The van der Waals surface area contributed by atoms with E-state index in [0.29, 0.717) is 5.75 Å². The summed E-state index contributed by atoms with van der Waals surface area (Å²) in [4.78, 5) is 25.4. The second kappa shape index (κ2) is 6.97. The van der Waals surface area contributed by atoms with Crippen molar-refractivity contribution >= 4 is 17.7 Å². The highest BCUT2D eigenvalue weighted by molar-refractivity contribution is 5.97. The number of nitrogens with zero attached hydrogens (tertiary/aromatic N) is 2. The third-order valence-corrected chi connectivity index (χ3v) is 3.50. The van der Waals surface area contributed by atoms with Gasteiger partial charge in [0.05, 0.1) is 11.8 Å². The second-order valence-electron chi connectivity index (χ2n) is 6.71. The van der Waals surface area contributed by atoms with Crippen LogP contribution in [0.5, 0.6) is 5.75 Å². The van der Waals surface area contributed by atoms with Crippen molar-refractivity contribution in [2.24, 2.45) is 0 Å². The fourth-order valence-electron chi connectivity index (χ4n) is 2.24. The molecule has 0 saturated carbocycles. The van der Waals surface area contributed by atoms with Gasteiger partial charge in [-0.25, -0.2) is 9.18 Å². The predicted molar refractivity (Wildman–Crippen MR) is 87.5 cm³/mol. The molecule has 2 amide bonds. The molecule has 1 aromatic rings. The molecule has 1 aliphatic heterocycles. The topological polar surface area (TPSA) is 91.7 Å². The van der Waals surface area contributed by atoms with E-state index < -0.39 is 35.6 Å². The Hall–Kier alpha value is -2.82. The van der Waals surface area contributed by atoms with E-state index in [1.165, 1.54) is 19.2 Å². The summed E-state index contributed by atoms with van der Waals surface area (Å²) in [6, 6.07) is 4.81. The summed E-state index contributed by atoms with van der Waals surface area (Å²) < 4.78 is 24.0. The second-order valence-corrected chi connectivity index (χ2v) is 6.71. The summed E-state index contributed by atoms with van der Waals surface area (Å²) in [5.74, 6) is -0.695. The molecule has 134 valence electrons. The molecule has 1 aliphatic rings. The predicted octanol–water partition coefficient (Wildman–Crippen LogP) is 2.67. The van der Waals surface area contributed by atoms with Crippen LogP contribution in [0, 0.1) is 17.1 Å². The minimum Gasteiger partial charge on any atom is -0.478 e. The van der Waals surface area contributed by atoms with Gasteiger partial charge in [0, 0.05) is 19.5 Å². The number of hydrogen-bond donors (Lipinski definition) is 1. The average Bonchev–Trinajstić information content (AvgIpc) is 2.50. The third-order valence-electron chi connectivity index (χ3n) is 3.50. The lowest BCUT2D eigenvalue weighted by atomic mass is 10.1. The molecular weight excluding hydrogens is 329 g/mol. The number of anilines is 1. The first-order chi connectivity index (χ1) is 11.6. The summed E-state index contributed by atoms with van der Waals surface area (Å²) in [5.41, 5.74) is -0.470. The Labute approximate surface area is 145 Å². The molecule has 1 heterocycles. The van der Waals surface area contributed by atoms with Crippen molar-refractivity contribution in [3.63, 3.8) is 0 Å². The highest BCUT2D eigenvalue weighted by atomic mass is 19.1. The maximum absolute atomic E-state index is 13.2. The SMILES string of the molecule is CN(C(=O)OC(C)(C)C)[C@H](C#N)C[C@@H]1Oc2ccc(F)cc2NC1=O. The van der Waals surface area contributed by atoms with Crippen molar-refractivity contribution in [3.8, 4) is 11.8 Å². The van der Waals surface area contributed by atoms with Gasteiger partial charge >= 0.3 is 6.09 Å². The van der Waals surface area contributed by atoms with Gasteiger partial charge in [-0.05, 0) is 32.9 Å². The van der Waals surface area contributed by atoms with Crippen LogP contribution in [0.25, 0.3) is 0 Å². The first-order valence-corrected chi connectivity index (χ1v) is 7.73. The number of carbonyl (C=O) groups is 2. The van der Waals surface area contributed by atoms with Crippen LogP contribution < -0.4 is 10.1 Å². The van der Waals surface area contributed by atoms with E-state index in [2.05, 4.69) is 5.32 Å². The summed E-state index contributed by atoms with van der Waals surface area (Å²) in [6.07, 6.45) is -1.69. The highest BCUT2D eigenvalue weighted by Gasteiger charge is 2.34. The Bertz CT molecular complexity index is 724. The Morgan fingerprint density at radius 3 is 2.80 bits per heavy atom. The maximum Gasteiger partial charge on any atom is 0.411 e. The van der Waals surface area contributed by atoms with E-state index in [1.54, 1.807) is 20.8 Å². The Morgan fingerprint density at radius 1 is 1.52 bits per heavy atom. The first-order valence-electron chi connectivity index (χ1n) is 7.73. The Balaban J connectivity index is 2.09. The number of fused-ring (bicyclic) bond motifs is 1. The van der Waals surface area contributed by atoms with E-state index in [4.69, 9.17) is 9.47 Å². The number of rotatable bonds is 3. The summed E-state index contributed by atoms with van der Waals surface area (Å²) in [5, 5.41) is 11.9. The lowest BCUT2D eigenvalue weighted by molar-refractivity contribution is -0.124. The molecule has 0 radical (unpaired) electrons. The smallest absolute Gasteiger partial charge is 0.411 e. The lowest BCUT2D eigenvalue weighted by Crippen LogP contribution is -2.46. The minimum atomic E-state index is -0.979. The molecule has 0 bridgehead atoms. The number of ether oxygens (including phenoxy) is 2. The van der Waals surface area contributed by atoms with Crippen LogP contribution >= 0.6 is 0 Å². The van der Waals surface area contributed by atoms with E-state index in [0.717, 1.165) is 11.0 Å². The molecule has 25 heavy (non-hydrogen) atoms. The molecule has 7 nitrogen and oxygen atoms in total. The number of benzene rings is 1. The molecule has 0 unspecified atom stereocenters. The van der Waals surface area contributed by atoms with Gasteiger partial charge < -0.3 is 14.8 Å². The summed E-state index contributed by atoms with van der Waals surface area (Å²) in [7, 11) is 1.42. The van der Waals surface area contributed by atoms with Gasteiger partial charge in [0.2, 0.25) is 0 Å². The highest BCUT2D eigenvalue weighted by Crippen LogP contribution is 2.31. The number of carbonyl (C=O) groups excluding carboxylic acids is 2. The minimum absolute atomic E-state index is 0.0467. The van der Waals surface area contributed by atoms with Gasteiger partial charge in [0.1, 0.15) is 23.2 Å². The van der Waals surface area contributed by atoms with Crippen molar-refractivity contribution < 1.29 is 23.5 Å². The van der Waals surface area contributed by atoms with Crippen LogP contribution in [0.15, 0.2) is 18.2 Å². The van der Waals surface area contributed by atoms with Crippen molar-refractivity contribution in [3.05, 3.63) is 24.0 Å². The Kier molecular flexibility index (Phi) is 5.16. The third kappa shape index (κ3) is 4.59. The number of nitrogens with one attached hydrogen (secondary N) is 1. The van der Waals surface area contributed by atoms with Crippen molar-refractivity contribution in [1.82, 2.24) is 4.90 Å². The standard InChI is InChI=1S/C17H20FN3O4/c1-17(2,3)25-16(23)21(4)11(9-19)8-14-15(22)20-12-7-10(18)5-6-13(12)24-14/h5-7,11,14H,8H2,1-4H3,(H,20,22)/t11-,14-/m0/s1. The molecule has 1 aromatic carbocycles. The van der Waals surface area contributed by atoms with Gasteiger partial charge in [0.15, 0.2) is 6.10 Å². The van der Waals surface area contributed by atoms with Gasteiger partial charge in [-0.1, -0.05) is 0 Å². The quantitative estimate of drug-likeness (QED) is 0.906. The fraction of sp³-hybridized carbons (Fsp3) is 0.471.